The summed E-state index contributed by atoms with van der Waals surface area (Å²) in [6.45, 7) is 4.53. The molecule has 1 radical (unpaired) electrons. The minimum atomic E-state index is 1.25. The molecule has 0 aliphatic carbocycles. The molecule has 0 nitrogen and oxygen atoms in total. The molecule has 107 valence electrons. The number of rotatable bonds is 14. The van der Waals surface area contributed by atoms with Crippen molar-refractivity contribution in [2.45, 2.75) is 97.3 Å². The average molecular weight is 251 g/mol. The van der Waals surface area contributed by atoms with E-state index in [1.165, 1.54) is 83.5 Å². The molecule has 0 saturated heterocycles. The number of unbranched alkanes of at least 4 members (excludes halogenated alkanes) is 12. The van der Waals surface area contributed by atoms with Gasteiger partial charge in [-0.05, 0) is 32.1 Å². The van der Waals surface area contributed by atoms with Gasteiger partial charge in [0.25, 0.3) is 0 Å². The van der Waals surface area contributed by atoms with E-state index >= 15 is 0 Å². The first-order valence-corrected chi connectivity index (χ1v) is 8.38. The molecule has 0 aromatic rings. The second kappa shape index (κ2) is 16.7. The predicted octanol–water partition coefficient (Wildman–Crippen LogP) is 6.86. The van der Waals surface area contributed by atoms with E-state index in [0.29, 0.717) is 0 Å². The van der Waals surface area contributed by atoms with Crippen LogP contribution in [0, 0.1) is 6.42 Å². The molecule has 0 unspecified atom stereocenters. The van der Waals surface area contributed by atoms with Gasteiger partial charge in [0.1, 0.15) is 0 Å². The van der Waals surface area contributed by atoms with Crippen molar-refractivity contribution < 1.29 is 0 Å². The van der Waals surface area contributed by atoms with Crippen molar-refractivity contribution in [2.24, 2.45) is 0 Å². The highest BCUT2D eigenvalue weighted by Crippen LogP contribution is 2.10. The smallest absolute Gasteiger partial charge is 0.0348 e. The Bertz CT molecular complexity index is 157. The van der Waals surface area contributed by atoms with Crippen LogP contribution in [0.2, 0.25) is 0 Å². The lowest BCUT2D eigenvalue weighted by atomic mass is 10.1. The Kier molecular flexibility index (Phi) is 16.5. The third-order valence-electron chi connectivity index (χ3n) is 3.42. The molecule has 0 N–H and O–H groups in total. The van der Waals surface area contributed by atoms with E-state index in [2.05, 4.69) is 32.4 Å². The van der Waals surface area contributed by atoms with Crippen LogP contribution in [0.3, 0.4) is 0 Å². The Labute approximate surface area is 116 Å². The molecule has 0 aromatic carbocycles. The standard InChI is InChI=1S/C18H35/c1-3-5-7-9-11-13-15-17-18-16-14-12-10-8-6-4-2/h7,13,15H,3-6,8-12,14,16-18H2,1-2H3. The number of hydrogen-bond donors (Lipinski definition) is 0. The highest BCUT2D eigenvalue weighted by atomic mass is 14.0. The highest BCUT2D eigenvalue weighted by molar-refractivity contribution is 4.83. The van der Waals surface area contributed by atoms with Crippen LogP contribution >= 0.6 is 0 Å². The van der Waals surface area contributed by atoms with E-state index in [-0.39, 0.29) is 0 Å². The lowest BCUT2D eigenvalue weighted by Crippen LogP contribution is -1.80. The molecule has 18 heavy (non-hydrogen) atoms. The fourth-order valence-corrected chi connectivity index (χ4v) is 2.19. The third-order valence-corrected chi connectivity index (χ3v) is 3.42. The predicted molar refractivity (Wildman–Crippen MR) is 84.8 cm³/mol. The molecule has 0 atom stereocenters. The largest absolute Gasteiger partial charge is 0.0885 e. The van der Waals surface area contributed by atoms with Crippen molar-refractivity contribution in [1.82, 2.24) is 0 Å². The van der Waals surface area contributed by atoms with Gasteiger partial charge in [-0.25, -0.2) is 0 Å². The minimum absolute atomic E-state index is 1.25. The number of allylic oxidation sites excluding steroid dienone is 2. The van der Waals surface area contributed by atoms with Crippen molar-refractivity contribution in [3.63, 3.8) is 0 Å². The zero-order chi connectivity index (χ0) is 13.3. The highest BCUT2D eigenvalue weighted by Gasteiger charge is 1.90. The van der Waals surface area contributed by atoms with Gasteiger partial charge in [0.15, 0.2) is 0 Å². The lowest BCUT2D eigenvalue weighted by molar-refractivity contribution is 0.577. The van der Waals surface area contributed by atoms with Crippen LogP contribution in [-0.2, 0) is 0 Å². The molecular weight excluding hydrogens is 216 g/mol. The fraction of sp³-hybridized carbons (Fsp3) is 0.833. The second-order valence-electron chi connectivity index (χ2n) is 5.39. The van der Waals surface area contributed by atoms with Gasteiger partial charge in [0.05, 0.1) is 0 Å². The molecule has 0 amide bonds. The van der Waals surface area contributed by atoms with E-state index < -0.39 is 0 Å². The summed E-state index contributed by atoms with van der Waals surface area (Å²) in [6.07, 6.45) is 25.0. The molecule has 0 saturated carbocycles. The van der Waals surface area contributed by atoms with E-state index in [9.17, 15) is 0 Å². The first kappa shape index (κ1) is 17.7. The van der Waals surface area contributed by atoms with Crippen LogP contribution in [0.4, 0.5) is 0 Å². The monoisotopic (exact) mass is 251 g/mol. The second-order valence-corrected chi connectivity index (χ2v) is 5.39. The molecule has 0 heteroatoms. The molecule has 0 spiro atoms. The quantitative estimate of drug-likeness (QED) is 0.234. The first-order chi connectivity index (χ1) is 8.91. The molecule has 0 bridgehead atoms. The summed E-state index contributed by atoms with van der Waals surface area (Å²) in [6, 6.07) is 0. The molecular formula is C18H35. The maximum Gasteiger partial charge on any atom is -0.0348 e. The van der Waals surface area contributed by atoms with Gasteiger partial charge in [0.2, 0.25) is 0 Å². The van der Waals surface area contributed by atoms with E-state index in [0.717, 1.165) is 0 Å². The Morgan fingerprint density at radius 2 is 1.11 bits per heavy atom. The first-order valence-electron chi connectivity index (χ1n) is 8.38. The van der Waals surface area contributed by atoms with Crippen LogP contribution in [0.15, 0.2) is 12.2 Å². The summed E-state index contributed by atoms with van der Waals surface area (Å²) in [7, 11) is 0. The van der Waals surface area contributed by atoms with Crippen molar-refractivity contribution in [3.8, 4) is 0 Å². The molecule has 0 aromatic heterocycles. The summed E-state index contributed by atoms with van der Waals surface area (Å²) in [4.78, 5) is 0. The Balaban J connectivity index is 2.99. The Morgan fingerprint density at radius 1 is 0.500 bits per heavy atom. The van der Waals surface area contributed by atoms with Gasteiger partial charge < -0.3 is 0 Å². The molecule has 0 rings (SSSR count). The summed E-state index contributed by atoms with van der Waals surface area (Å²) >= 11 is 0. The molecule has 0 fully saturated rings. The van der Waals surface area contributed by atoms with Gasteiger partial charge in [-0.3, -0.25) is 0 Å². The van der Waals surface area contributed by atoms with Crippen molar-refractivity contribution in [1.29, 1.82) is 0 Å². The van der Waals surface area contributed by atoms with Gasteiger partial charge >= 0.3 is 0 Å². The lowest BCUT2D eigenvalue weighted by Gasteiger charge is -1.99. The normalized spacial score (nSPS) is 11.4. The van der Waals surface area contributed by atoms with Crippen LogP contribution in [0.25, 0.3) is 0 Å². The van der Waals surface area contributed by atoms with Crippen molar-refractivity contribution in [2.75, 3.05) is 0 Å². The summed E-state index contributed by atoms with van der Waals surface area (Å²) in [5.74, 6) is 0. The topological polar surface area (TPSA) is 0 Å². The van der Waals surface area contributed by atoms with Gasteiger partial charge in [-0.1, -0.05) is 83.8 Å². The molecule has 0 aliphatic heterocycles. The summed E-state index contributed by atoms with van der Waals surface area (Å²) in [5, 5.41) is 0. The third kappa shape index (κ3) is 15.7. The average Bonchev–Trinajstić information content (AvgIpc) is 2.39. The van der Waals surface area contributed by atoms with Crippen molar-refractivity contribution >= 4 is 0 Å². The van der Waals surface area contributed by atoms with Gasteiger partial charge in [-0.15, -0.1) is 0 Å². The van der Waals surface area contributed by atoms with E-state index in [1.807, 2.05) is 0 Å². The van der Waals surface area contributed by atoms with Crippen LogP contribution in [0.1, 0.15) is 97.3 Å². The van der Waals surface area contributed by atoms with Crippen LogP contribution < -0.4 is 0 Å². The zero-order valence-corrected chi connectivity index (χ0v) is 12.9. The van der Waals surface area contributed by atoms with Gasteiger partial charge in [0, 0.05) is 0 Å². The molecule has 0 aliphatic rings. The maximum atomic E-state index is 2.42. The SMILES string of the molecule is CCC[CH]CCC=CCCCCCCCCCC. The number of hydrogen-bond acceptors (Lipinski definition) is 0. The fourth-order valence-electron chi connectivity index (χ4n) is 2.19. The van der Waals surface area contributed by atoms with Gasteiger partial charge in [-0.2, -0.15) is 0 Å². The van der Waals surface area contributed by atoms with Crippen LogP contribution in [-0.4, -0.2) is 0 Å². The summed E-state index contributed by atoms with van der Waals surface area (Å²) < 4.78 is 0. The van der Waals surface area contributed by atoms with E-state index in [4.69, 9.17) is 0 Å². The van der Waals surface area contributed by atoms with E-state index in [1.54, 1.807) is 0 Å². The Hall–Kier alpha value is -0.260. The zero-order valence-electron chi connectivity index (χ0n) is 12.9. The minimum Gasteiger partial charge on any atom is -0.0885 e. The summed E-state index contributed by atoms with van der Waals surface area (Å²) in [5.41, 5.74) is 0. The van der Waals surface area contributed by atoms with Crippen LogP contribution in [0.5, 0.6) is 0 Å². The molecule has 0 heterocycles. The van der Waals surface area contributed by atoms with Crippen molar-refractivity contribution in [3.05, 3.63) is 18.6 Å². The Morgan fingerprint density at radius 3 is 1.78 bits per heavy atom. The maximum absolute atomic E-state index is 2.42.